The van der Waals surface area contributed by atoms with Gasteiger partial charge in [-0.2, -0.15) is 0 Å². The second kappa shape index (κ2) is 8.99. The predicted octanol–water partition coefficient (Wildman–Crippen LogP) is 4.63. The van der Waals surface area contributed by atoms with Gasteiger partial charge in [0, 0.05) is 28.8 Å². The first-order valence-electron chi connectivity index (χ1n) is 8.23. The lowest BCUT2D eigenvalue weighted by Gasteiger charge is -2.11. The molecular formula is C20H25NO3. The highest BCUT2D eigenvalue weighted by atomic mass is 16.5. The summed E-state index contributed by atoms with van der Waals surface area (Å²) >= 11 is 0. The van der Waals surface area contributed by atoms with Gasteiger partial charge in [0.1, 0.15) is 0 Å². The van der Waals surface area contributed by atoms with Crippen molar-refractivity contribution in [1.29, 1.82) is 0 Å². The van der Waals surface area contributed by atoms with Crippen molar-refractivity contribution in [2.24, 2.45) is 0 Å². The molecule has 0 spiro atoms. The summed E-state index contributed by atoms with van der Waals surface area (Å²) in [6.07, 6.45) is 0.979. The Hall–Kier alpha value is -2.46. The van der Waals surface area contributed by atoms with E-state index in [0.717, 1.165) is 34.7 Å². The Balaban J connectivity index is 0.000000647. The van der Waals surface area contributed by atoms with E-state index in [1.165, 1.54) is 5.39 Å². The molecule has 0 bridgehead atoms. The van der Waals surface area contributed by atoms with Crippen LogP contribution in [-0.2, 0) is 0 Å². The summed E-state index contributed by atoms with van der Waals surface area (Å²) in [4.78, 5) is 3.43. The molecule has 0 fully saturated rings. The number of methoxy groups -OCH3 is 1. The summed E-state index contributed by atoms with van der Waals surface area (Å²) in [6.45, 7) is 4.72. The van der Waals surface area contributed by atoms with Gasteiger partial charge in [0.25, 0.3) is 0 Å². The van der Waals surface area contributed by atoms with Gasteiger partial charge in [-0.1, -0.05) is 25.1 Å². The monoisotopic (exact) mass is 327 g/mol. The van der Waals surface area contributed by atoms with E-state index in [4.69, 9.17) is 14.6 Å². The fourth-order valence-electron chi connectivity index (χ4n) is 2.40. The van der Waals surface area contributed by atoms with Gasteiger partial charge in [0.05, 0.1) is 13.7 Å². The minimum absolute atomic E-state index is 0.250. The molecule has 128 valence electrons. The highest BCUT2D eigenvalue weighted by molar-refractivity contribution is 5.86. The molecule has 0 atom stereocenters. The van der Waals surface area contributed by atoms with Crippen molar-refractivity contribution in [2.75, 3.05) is 20.3 Å². The molecule has 2 N–H and O–H groups in total. The van der Waals surface area contributed by atoms with Gasteiger partial charge < -0.3 is 19.6 Å². The lowest BCUT2D eigenvalue weighted by molar-refractivity contribution is 0.294. The second-order valence-electron chi connectivity index (χ2n) is 5.30. The lowest BCUT2D eigenvalue weighted by Crippen LogP contribution is -1.97. The fourth-order valence-corrected chi connectivity index (χ4v) is 2.40. The number of aromatic amines is 1. The van der Waals surface area contributed by atoms with Crippen LogP contribution in [0.3, 0.4) is 0 Å². The fraction of sp³-hybridized carbons (Fsp3) is 0.300. The van der Waals surface area contributed by atoms with Crippen LogP contribution in [0.5, 0.6) is 11.5 Å². The van der Waals surface area contributed by atoms with Gasteiger partial charge in [-0.3, -0.25) is 0 Å². The molecule has 0 aliphatic rings. The summed E-state index contributed by atoms with van der Waals surface area (Å²) in [5.41, 5.74) is 3.31. The normalized spacial score (nSPS) is 10.2. The van der Waals surface area contributed by atoms with Crippen LogP contribution in [0, 0.1) is 0 Å². The van der Waals surface area contributed by atoms with Crippen LogP contribution in [-0.4, -0.2) is 30.4 Å². The van der Waals surface area contributed by atoms with Crippen molar-refractivity contribution in [3.63, 3.8) is 0 Å². The van der Waals surface area contributed by atoms with Crippen LogP contribution in [0.25, 0.3) is 22.2 Å². The SMILES string of the molecule is CCCOc1ccc(-c2cc3ccccc3[nH]2)cc1OC.CCO. The summed E-state index contributed by atoms with van der Waals surface area (Å²) < 4.78 is 11.1. The predicted molar refractivity (Wildman–Crippen MR) is 98.8 cm³/mol. The van der Waals surface area contributed by atoms with E-state index >= 15 is 0 Å². The van der Waals surface area contributed by atoms with Crippen LogP contribution in [0.15, 0.2) is 48.5 Å². The molecule has 0 aliphatic carbocycles. The Kier molecular flexibility index (Phi) is 6.70. The number of aliphatic hydroxyl groups is 1. The van der Waals surface area contributed by atoms with Gasteiger partial charge in [0.2, 0.25) is 0 Å². The molecule has 1 aromatic heterocycles. The third-order valence-corrected chi connectivity index (χ3v) is 3.47. The van der Waals surface area contributed by atoms with E-state index in [-0.39, 0.29) is 6.61 Å². The Morgan fingerprint density at radius 2 is 1.75 bits per heavy atom. The molecule has 4 heteroatoms. The number of benzene rings is 2. The zero-order chi connectivity index (χ0) is 17.4. The molecular weight excluding hydrogens is 302 g/mol. The molecule has 3 aromatic rings. The number of hydrogen-bond acceptors (Lipinski definition) is 3. The Labute approximate surface area is 143 Å². The maximum atomic E-state index is 7.57. The maximum absolute atomic E-state index is 7.57. The van der Waals surface area contributed by atoms with E-state index < -0.39 is 0 Å². The molecule has 3 rings (SSSR count). The molecule has 1 heterocycles. The highest BCUT2D eigenvalue weighted by Gasteiger charge is 2.09. The molecule has 0 saturated carbocycles. The average molecular weight is 327 g/mol. The van der Waals surface area contributed by atoms with E-state index in [1.807, 2.05) is 24.3 Å². The van der Waals surface area contributed by atoms with E-state index in [0.29, 0.717) is 6.61 Å². The number of para-hydroxylation sites is 1. The minimum Gasteiger partial charge on any atom is -0.493 e. The molecule has 4 nitrogen and oxygen atoms in total. The Morgan fingerprint density at radius 3 is 2.42 bits per heavy atom. The number of nitrogens with one attached hydrogen (secondary N) is 1. The summed E-state index contributed by atoms with van der Waals surface area (Å²) in [7, 11) is 1.67. The number of aromatic nitrogens is 1. The number of ether oxygens (including phenoxy) is 2. The summed E-state index contributed by atoms with van der Waals surface area (Å²) in [5, 5.41) is 8.78. The summed E-state index contributed by atoms with van der Waals surface area (Å²) in [6, 6.07) is 16.4. The zero-order valence-electron chi connectivity index (χ0n) is 14.5. The number of rotatable bonds is 5. The van der Waals surface area contributed by atoms with Crippen molar-refractivity contribution >= 4 is 10.9 Å². The lowest BCUT2D eigenvalue weighted by atomic mass is 10.1. The first-order valence-corrected chi connectivity index (χ1v) is 8.23. The van der Waals surface area contributed by atoms with Crippen molar-refractivity contribution in [3.05, 3.63) is 48.5 Å². The maximum Gasteiger partial charge on any atom is 0.161 e. The molecule has 24 heavy (non-hydrogen) atoms. The van der Waals surface area contributed by atoms with Crippen LogP contribution in [0.2, 0.25) is 0 Å². The van der Waals surface area contributed by atoms with Crippen LogP contribution in [0.1, 0.15) is 20.3 Å². The number of aliphatic hydroxyl groups excluding tert-OH is 1. The first-order chi connectivity index (χ1) is 11.7. The average Bonchev–Trinajstić information content (AvgIpc) is 3.04. The molecule has 0 unspecified atom stereocenters. The van der Waals surface area contributed by atoms with Crippen molar-refractivity contribution < 1.29 is 14.6 Å². The van der Waals surface area contributed by atoms with Gasteiger partial charge >= 0.3 is 0 Å². The van der Waals surface area contributed by atoms with E-state index in [9.17, 15) is 0 Å². The van der Waals surface area contributed by atoms with Gasteiger partial charge in [-0.15, -0.1) is 0 Å². The van der Waals surface area contributed by atoms with Crippen LogP contribution < -0.4 is 9.47 Å². The highest BCUT2D eigenvalue weighted by Crippen LogP contribution is 2.33. The van der Waals surface area contributed by atoms with Gasteiger partial charge in [-0.25, -0.2) is 0 Å². The molecule has 0 amide bonds. The van der Waals surface area contributed by atoms with E-state index in [2.05, 4.69) is 36.2 Å². The minimum atomic E-state index is 0.250. The third-order valence-electron chi connectivity index (χ3n) is 3.47. The van der Waals surface area contributed by atoms with Crippen molar-refractivity contribution in [1.82, 2.24) is 4.98 Å². The Morgan fingerprint density at radius 1 is 1.00 bits per heavy atom. The van der Waals surface area contributed by atoms with Crippen molar-refractivity contribution in [3.8, 4) is 22.8 Å². The second-order valence-corrected chi connectivity index (χ2v) is 5.30. The van der Waals surface area contributed by atoms with Gasteiger partial charge in [-0.05, 0) is 43.7 Å². The van der Waals surface area contributed by atoms with Gasteiger partial charge in [0.15, 0.2) is 11.5 Å². The number of fused-ring (bicyclic) bond motifs is 1. The largest absolute Gasteiger partial charge is 0.493 e. The smallest absolute Gasteiger partial charge is 0.161 e. The van der Waals surface area contributed by atoms with E-state index in [1.54, 1.807) is 14.0 Å². The molecule has 0 radical (unpaired) electrons. The number of hydrogen-bond donors (Lipinski definition) is 2. The van der Waals surface area contributed by atoms with Crippen LogP contribution >= 0.6 is 0 Å². The molecule has 0 aliphatic heterocycles. The van der Waals surface area contributed by atoms with Crippen LogP contribution in [0.4, 0.5) is 0 Å². The standard InChI is InChI=1S/C18H19NO2.C2H6O/c1-3-10-21-17-9-8-14(12-18(17)20-2)16-11-13-6-4-5-7-15(13)19-16;1-2-3/h4-9,11-12,19H,3,10H2,1-2H3;3H,2H2,1H3. The topological polar surface area (TPSA) is 54.5 Å². The molecule has 0 saturated heterocycles. The molecule has 2 aromatic carbocycles. The van der Waals surface area contributed by atoms with Crippen molar-refractivity contribution in [2.45, 2.75) is 20.3 Å². The number of H-pyrrole nitrogens is 1. The third kappa shape index (κ3) is 4.30. The first kappa shape index (κ1) is 17.9. The zero-order valence-corrected chi connectivity index (χ0v) is 14.5. The quantitative estimate of drug-likeness (QED) is 0.718. The Bertz CT molecular complexity index is 731. The summed E-state index contributed by atoms with van der Waals surface area (Å²) in [5.74, 6) is 1.55.